The first-order valence-corrected chi connectivity index (χ1v) is 7.41. The van der Waals surface area contributed by atoms with Crippen LogP contribution in [0.5, 0.6) is 11.5 Å². The molecule has 0 saturated carbocycles. The van der Waals surface area contributed by atoms with Crippen molar-refractivity contribution in [3.63, 3.8) is 0 Å². The highest BCUT2D eigenvalue weighted by Gasteiger charge is 2.17. The molecule has 1 atom stereocenters. The van der Waals surface area contributed by atoms with Crippen molar-refractivity contribution in [2.75, 3.05) is 13.2 Å². The summed E-state index contributed by atoms with van der Waals surface area (Å²) in [5, 5.41) is 11.4. The summed E-state index contributed by atoms with van der Waals surface area (Å²) in [5.74, 6) is 1.37. The fourth-order valence-corrected chi connectivity index (χ4v) is 2.70. The largest absolute Gasteiger partial charge is 0.486 e. The van der Waals surface area contributed by atoms with Crippen molar-refractivity contribution < 1.29 is 14.6 Å². The first-order valence-electron chi connectivity index (χ1n) is 6.65. The molecule has 0 saturated heterocycles. The molecule has 3 rings (SSSR count). The Morgan fingerprint density at radius 1 is 1.05 bits per heavy atom. The topological polar surface area (TPSA) is 38.7 Å². The summed E-state index contributed by atoms with van der Waals surface area (Å²) in [7, 11) is 0. The third kappa shape index (κ3) is 3.10. The normalized spacial score (nSPS) is 14.8. The molecule has 1 heterocycles. The highest BCUT2D eigenvalue weighted by atomic mass is 35.5. The van der Waals surface area contributed by atoms with E-state index < -0.39 is 6.10 Å². The Bertz CT molecular complexity index is 658. The van der Waals surface area contributed by atoms with Crippen molar-refractivity contribution in [3.05, 3.63) is 57.6 Å². The monoisotopic (exact) mass is 324 g/mol. The van der Waals surface area contributed by atoms with Crippen LogP contribution in [0.4, 0.5) is 0 Å². The minimum absolute atomic E-state index is 0.388. The first-order chi connectivity index (χ1) is 10.1. The van der Waals surface area contributed by atoms with Gasteiger partial charge < -0.3 is 14.6 Å². The lowest BCUT2D eigenvalue weighted by molar-refractivity contribution is 0.164. The molecule has 0 aliphatic carbocycles. The lowest BCUT2D eigenvalue weighted by Crippen LogP contribution is -2.15. The van der Waals surface area contributed by atoms with E-state index in [1.165, 1.54) is 0 Å². The second kappa shape index (κ2) is 6.14. The van der Waals surface area contributed by atoms with Crippen LogP contribution < -0.4 is 9.47 Å². The summed E-state index contributed by atoms with van der Waals surface area (Å²) in [6.07, 6.45) is -0.296. The SMILES string of the molecule is OC(Cc1cccc(Cl)c1Cl)c1ccc2c(c1)OCCO2. The van der Waals surface area contributed by atoms with E-state index in [1.54, 1.807) is 12.1 Å². The molecule has 1 aliphatic heterocycles. The maximum absolute atomic E-state index is 10.4. The molecule has 0 bridgehead atoms. The molecular weight excluding hydrogens is 311 g/mol. The van der Waals surface area contributed by atoms with E-state index in [9.17, 15) is 5.11 Å². The van der Waals surface area contributed by atoms with Crippen molar-refractivity contribution >= 4 is 23.2 Å². The minimum Gasteiger partial charge on any atom is -0.486 e. The van der Waals surface area contributed by atoms with Gasteiger partial charge >= 0.3 is 0 Å². The molecule has 0 fully saturated rings. The van der Waals surface area contributed by atoms with Crippen LogP contribution in [0.2, 0.25) is 10.0 Å². The molecule has 1 aliphatic rings. The van der Waals surface area contributed by atoms with Gasteiger partial charge in [0.25, 0.3) is 0 Å². The number of fused-ring (bicyclic) bond motifs is 1. The molecule has 1 unspecified atom stereocenters. The lowest BCUT2D eigenvalue weighted by atomic mass is 10.0. The van der Waals surface area contributed by atoms with Gasteiger partial charge in [0.05, 0.1) is 16.1 Å². The molecule has 0 amide bonds. The summed E-state index contributed by atoms with van der Waals surface area (Å²) >= 11 is 12.1. The molecular formula is C16H14Cl2O3. The molecule has 1 N–H and O–H groups in total. The summed E-state index contributed by atoms with van der Waals surface area (Å²) in [6.45, 7) is 1.07. The van der Waals surface area contributed by atoms with E-state index in [2.05, 4.69) is 0 Å². The van der Waals surface area contributed by atoms with E-state index >= 15 is 0 Å². The third-order valence-corrected chi connectivity index (χ3v) is 4.25. The summed E-state index contributed by atoms with van der Waals surface area (Å²) in [6, 6.07) is 10.8. The van der Waals surface area contributed by atoms with Gasteiger partial charge in [0.15, 0.2) is 11.5 Å². The smallest absolute Gasteiger partial charge is 0.161 e. The Hall–Kier alpha value is -1.42. The van der Waals surface area contributed by atoms with Gasteiger partial charge in [-0.2, -0.15) is 0 Å². The molecule has 5 heteroatoms. The average Bonchev–Trinajstić information content (AvgIpc) is 2.51. The Balaban J connectivity index is 1.82. The number of aliphatic hydroxyl groups excluding tert-OH is 1. The van der Waals surface area contributed by atoms with Crippen LogP contribution in [0.3, 0.4) is 0 Å². The second-order valence-corrected chi connectivity index (χ2v) is 5.62. The van der Waals surface area contributed by atoms with Crippen molar-refractivity contribution in [3.8, 4) is 11.5 Å². The predicted octanol–water partition coefficient (Wildman–Crippen LogP) is 4.04. The molecule has 0 aromatic heterocycles. The maximum Gasteiger partial charge on any atom is 0.161 e. The quantitative estimate of drug-likeness (QED) is 0.926. The Labute approximate surface area is 133 Å². The minimum atomic E-state index is -0.684. The fourth-order valence-electron chi connectivity index (χ4n) is 2.30. The molecule has 21 heavy (non-hydrogen) atoms. The standard InChI is InChI=1S/C16H14Cl2O3/c17-12-3-1-2-11(16(12)18)8-13(19)10-4-5-14-15(9-10)21-7-6-20-14/h1-5,9,13,19H,6-8H2. The van der Waals surface area contributed by atoms with Crippen LogP contribution in [-0.4, -0.2) is 18.3 Å². The van der Waals surface area contributed by atoms with Crippen molar-refractivity contribution in [1.82, 2.24) is 0 Å². The zero-order valence-electron chi connectivity index (χ0n) is 11.2. The molecule has 2 aromatic carbocycles. The number of aliphatic hydroxyl groups is 1. The Morgan fingerprint density at radius 3 is 2.62 bits per heavy atom. The molecule has 110 valence electrons. The van der Waals surface area contributed by atoms with Gasteiger partial charge in [-0.05, 0) is 29.3 Å². The van der Waals surface area contributed by atoms with Gasteiger partial charge in [-0.25, -0.2) is 0 Å². The zero-order valence-corrected chi connectivity index (χ0v) is 12.7. The van der Waals surface area contributed by atoms with E-state index in [0.717, 1.165) is 11.1 Å². The summed E-state index contributed by atoms with van der Waals surface area (Å²) < 4.78 is 11.0. The van der Waals surface area contributed by atoms with Crippen LogP contribution >= 0.6 is 23.2 Å². The average molecular weight is 325 g/mol. The predicted molar refractivity (Wildman–Crippen MR) is 82.6 cm³/mol. The van der Waals surface area contributed by atoms with Gasteiger partial charge in [-0.3, -0.25) is 0 Å². The van der Waals surface area contributed by atoms with E-state index in [1.807, 2.05) is 24.3 Å². The van der Waals surface area contributed by atoms with Gasteiger partial charge in [0.1, 0.15) is 13.2 Å². The number of hydrogen-bond donors (Lipinski definition) is 1. The van der Waals surface area contributed by atoms with Crippen LogP contribution in [0, 0.1) is 0 Å². The number of hydrogen-bond acceptors (Lipinski definition) is 3. The fraction of sp³-hybridized carbons (Fsp3) is 0.250. The Morgan fingerprint density at radius 2 is 1.81 bits per heavy atom. The second-order valence-electron chi connectivity index (χ2n) is 4.84. The van der Waals surface area contributed by atoms with E-state index in [-0.39, 0.29) is 0 Å². The highest BCUT2D eigenvalue weighted by Crippen LogP contribution is 2.34. The third-order valence-electron chi connectivity index (χ3n) is 3.40. The molecule has 2 aromatic rings. The molecule has 0 spiro atoms. The zero-order chi connectivity index (χ0) is 14.8. The summed E-state index contributed by atoms with van der Waals surface area (Å²) in [5.41, 5.74) is 1.57. The van der Waals surface area contributed by atoms with Crippen molar-refractivity contribution in [2.45, 2.75) is 12.5 Å². The maximum atomic E-state index is 10.4. The molecule has 0 radical (unpaired) electrons. The van der Waals surface area contributed by atoms with E-state index in [0.29, 0.717) is 41.2 Å². The number of rotatable bonds is 3. The highest BCUT2D eigenvalue weighted by molar-refractivity contribution is 6.42. The van der Waals surface area contributed by atoms with Crippen LogP contribution in [0.15, 0.2) is 36.4 Å². The van der Waals surface area contributed by atoms with E-state index in [4.69, 9.17) is 32.7 Å². The van der Waals surface area contributed by atoms with Gasteiger partial charge in [-0.15, -0.1) is 0 Å². The van der Waals surface area contributed by atoms with Crippen LogP contribution in [-0.2, 0) is 6.42 Å². The van der Waals surface area contributed by atoms with Crippen molar-refractivity contribution in [2.24, 2.45) is 0 Å². The first kappa shape index (κ1) is 14.5. The number of halogens is 2. The van der Waals surface area contributed by atoms with Gasteiger partial charge in [0.2, 0.25) is 0 Å². The van der Waals surface area contributed by atoms with Gasteiger partial charge in [-0.1, -0.05) is 41.4 Å². The van der Waals surface area contributed by atoms with Crippen LogP contribution in [0.25, 0.3) is 0 Å². The molecule has 3 nitrogen and oxygen atoms in total. The Kier molecular flexibility index (Phi) is 4.24. The lowest BCUT2D eigenvalue weighted by Gasteiger charge is -2.20. The number of ether oxygens (including phenoxy) is 2. The van der Waals surface area contributed by atoms with Crippen LogP contribution in [0.1, 0.15) is 17.2 Å². The van der Waals surface area contributed by atoms with Crippen molar-refractivity contribution in [1.29, 1.82) is 0 Å². The van der Waals surface area contributed by atoms with Gasteiger partial charge in [0, 0.05) is 6.42 Å². The summed E-state index contributed by atoms with van der Waals surface area (Å²) in [4.78, 5) is 0. The number of benzene rings is 2.